The SMILES string of the molecule is CCNC(=NCCCOC)NCCc1ccc(N(C)C)cc1.I. The number of anilines is 1. The molecule has 132 valence electrons. The van der Waals surface area contributed by atoms with E-state index in [-0.39, 0.29) is 24.0 Å². The van der Waals surface area contributed by atoms with Gasteiger partial charge in [0.05, 0.1) is 0 Å². The zero-order valence-corrected chi connectivity index (χ0v) is 17.1. The predicted molar refractivity (Wildman–Crippen MR) is 110 cm³/mol. The zero-order valence-electron chi connectivity index (χ0n) is 14.8. The highest BCUT2D eigenvalue weighted by Gasteiger charge is 1.99. The number of halogens is 1. The number of hydrogen-bond donors (Lipinski definition) is 2. The number of guanidine groups is 1. The Hall–Kier alpha value is -1.02. The van der Waals surface area contributed by atoms with Gasteiger partial charge in [0, 0.05) is 53.1 Å². The summed E-state index contributed by atoms with van der Waals surface area (Å²) in [5.74, 6) is 0.878. The van der Waals surface area contributed by atoms with Crippen LogP contribution in [0.3, 0.4) is 0 Å². The van der Waals surface area contributed by atoms with Crippen molar-refractivity contribution in [3.8, 4) is 0 Å². The van der Waals surface area contributed by atoms with Gasteiger partial charge in [-0.3, -0.25) is 4.99 Å². The zero-order chi connectivity index (χ0) is 16.2. The molecular formula is C17H31IN4O. The molecule has 0 aliphatic heterocycles. The molecule has 0 saturated heterocycles. The van der Waals surface area contributed by atoms with Crippen LogP contribution in [-0.2, 0) is 11.2 Å². The molecule has 0 radical (unpaired) electrons. The summed E-state index contributed by atoms with van der Waals surface area (Å²) in [4.78, 5) is 6.64. The Kier molecular flexibility index (Phi) is 12.8. The van der Waals surface area contributed by atoms with Crippen LogP contribution in [0.4, 0.5) is 5.69 Å². The lowest BCUT2D eigenvalue weighted by molar-refractivity contribution is 0.197. The van der Waals surface area contributed by atoms with Gasteiger partial charge in [-0.05, 0) is 37.5 Å². The molecule has 0 spiro atoms. The van der Waals surface area contributed by atoms with Gasteiger partial charge in [-0.2, -0.15) is 0 Å². The summed E-state index contributed by atoms with van der Waals surface area (Å²) in [6.45, 7) is 5.35. The molecule has 0 unspecified atom stereocenters. The van der Waals surface area contributed by atoms with Crippen LogP contribution >= 0.6 is 24.0 Å². The predicted octanol–water partition coefficient (Wildman–Crippen LogP) is 2.50. The monoisotopic (exact) mass is 434 g/mol. The summed E-state index contributed by atoms with van der Waals surface area (Å²) >= 11 is 0. The molecule has 0 fully saturated rings. The third-order valence-electron chi connectivity index (χ3n) is 3.28. The van der Waals surface area contributed by atoms with Crippen molar-refractivity contribution < 1.29 is 4.74 Å². The van der Waals surface area contributed by atoms with Crippen molar-refractivity contribution >= 4 is 35.6 Å². The minimum Gasteiger partial charge on any atom is -0.385 e. The topological polar surface area (TPSA) is 48.9 Å². The lowest BCUT2D eigenvalue weighted by atomic mass is 10.1. The minimum atomic E-state index is 0. The van der Waals surface area contributed by atoms with Crippen LogP contribution in [0.2, 0.25) is 0 Å². The van der Waals surface area contributed by atoms with E-state index in [1.807, 2.05) is 0 Å². The summed E-state index contributed by atoms with van der Waals surface area (Å²) in [5.41, 5.74) is 2.55. The second-order valence-electron chi connectivity index (χ2n) is 5.34. The van der Waals surface area contributed by atoms with Crippen molar-refractivity contribution in [1.82, 2.24) is 10.6 Å². The number of rotatable bonds is 9. The Balaban J connectivity index is 0.00000484. The highest BCUT2D eigenvalue weighted by Crippen LogP contribution is 2.12. The molecule has 0 amide bonds. The number of hydrogen-bond acceptors (Lipinski definition) is 3. The van der Waals surface area contributed by atoms with Crippen LogP contribution in [0.5, 0.6) is 0 Å². The van der Waals surface area contributed by atoms with Crippen molar-refractivity contribution in [1.29, 1.82) is 0 Å². The molecule has 1 aromatic rings. The summed E-state index contributed by atoms with van der Waals surface area (Å²) in [5, 5.41) is 6.63. The van der Waals surface area contributed by atoms with Gasteiger partial charge in [-0.1, -0.05) is 12.1 Å². The van der Waals surface area contributed by atoms with Crippen LogP contribution < -0.4 is 15.5 Å². The molecule has 6 heteroatoms. The standard InChI is InChI=1S/C17H30N4O.HI/c1-5-18-17(19-12-6-14-22-4)20-13-11-15-7-9-16(10-8-15)21(2)3;/h7-10H,5-6,11-14H2,1-4H3,(H2,18,19,20);1H. The Bertz CT molecular complexity index is 435. The summed E-state index contributed by atoms with van der Waals surface area (Å²) in [7, 11) is 5.83. The largest absolute Gasteiger partial charge is 0.385 e. The van der Waals surface area contributed by atoms with Crippen LogP contribution in [0.15, 0.2) is 29.3 Å². The van der Waals surface area contributed by atoms with E-state index in [1.165, 1.54) is 11.3 Å². The van der Waals surface area contributed by atoms with Crippen molar-refractivity contribution in [2.45, 2.75) is 19.8 Å². The molecule has 23 heavy (non-hydrogen) atoms. The number of ether oxygens (including phenoxy) is 1. The molecule has 0 atom stereocenters. The summed E-state index contributed by atoms with van der Waals surface area (Å²) in [6, 6.07) is 8.66. The van der Waals surface area contributed by atoms with E-state index in [0.717, 1.165) is 45.0 Å². The van der Waals surface area contributed by atoms with E-state index >= 15 is 0 Å². The molecule has 0 heterocycles. The minimum absolute atomic E-state index is 0. The van der Waals surface area contributed by atoms with E-state index in [1.54, 1.807) is 7.11 Å². The third kappa shape index (κ3) is 9.65. The van der Waals surface area contributed by atoms with Gasteiger partial charge < -0.3 is 20.3 Å². The Morgan fingerprint density at radius 2 is 1.87 bits per heavy atom. The molecule has 2 N–H and O–H groups in total. The molecule has 0 aromatic heterocycles. The van der Waals surface area contributed by atoms with Gasteiger partial charge in [-0.15, -0.1) is 24.0 Å². The number of nitrogens with zero attached hydrogens (tertiary/aromatic N) is 2. The quantitative estimate of drug-likeness (QED) is 0.272. The van der Waals surface area contributed by atoms with Crippen molar-refractivity contribution in [3.05, 3.63) is 29.8 Å². The van der Waals surface area contributed by atoms with E-state index < -0.39 is 0 Å². The summed E-state index contributed by atoms with van der Waals surface area (Å²) < 4.78 is 5.04. The molecule has 0 bridgehead atoms. The van der Waals surface area contributed by atoms with E-state index in [9.17, 15) is 0 Å². The first-order valence-electron chi connectivity index (χ1n) is 7.94. The maximum Gasteiger partial charge on any atom is 0.191 e. The van der Waals surface area contributed by atoms with Gasteiger partial charge in [0.1, 0.15) is 0 Å². The average molecular weight is 434 g/mol. The normalized spacial score (nSPS) is 10.9. The second-order valence-corrected chi connectivity index (χ2v) is 5.34. The van der Waals surface area contributed by atoms with Crippen LogP contribution in [-0.4, -0.2) is 53.4 Å². The number of benzene rings is 1. The Morgan fingerprint density at radius 3 is 2.43 bits per heavy atom. The average Bonchev–Trinajstić information content (AvgIpc) is 2.52. The molecule has 5 nitrogen and oxygen atoms in total. The molecule has 1 rings (SSSR count). The van der Waals surface area contributed by atoms with E-state index in [2.05, 4.69) is 65.8 Å². The molecule has 0 aliphatic rings. The molecule has 1 aromatic carbocycles. The van der Waals surface area contributed by atoms with Gasteiger partial charge >= 0.3 is 0 Å². The van der Waals surface area contributed by atoms with Crippen molar-refractivity contribution in [2.75, 3.05) is 52.3 Å². The lowest BCUT2D eigenvalue weighted by Gasteiger charge is -2.13. The second kappa shape index (κ2) is 13.4. The Morgan fingerprint density at radius 1 is 1.17 bits per heavy atom. The van der Waals surface area contributed by atoms with Crippen LogP contribution in [0, 0.1) is 0 Å². The molecular weight excluding hydrogens is 403 g/mol. The number of aliphatic imine (C=N–C) groups is 1. The van der Waals surface area contributed by atoms with Gasteiger partial charge in [0.25, 0.3) is 0 Å². The number of methoxy groups -OCH3 is 1. The van der Waals surface area contributed by atoms with Gasteiger partial charge in [-0.25, -0.2) is 0 Å². The first kappa shape index (κ1) is 22.0. The highest BCUT2D eigenvalue weighted by molar-refractivity contribution is 14.0. The van der Waals surface area contributed by atoms with E-state index in [4.69, 9.17) is 4.74 Å². The lowest BCUT2D eigenvalue weighted by Crippen LogP contribution is -2.38. The number of nitrogens with one attached hydrogen (secondary N) is 2. The van der Waals surface area contributed by atoms with Crippen molar-refractivity contribution in [3.63, 3.8) is 0 Å². The maximum absolute atomic E-state index is 5.04. The van der Waals surface area contributed by atoms with Crippen LogP contribution in [0.25, 0.3) is 0 Å². The Labute approximate surface area is 157 Å². The maximum atomic E-state index is 5.04. The van der Waals surface area contributed by atoms with Crippen LogP contribution in [0.1, 0.15) is 18.9 Å². The fraction of sp³-hybridized carbons (Fsp3) is 0.588. The smallest absolute Gasteiger partial charge is 0.191 e. The molecule has 0 saturated carbocycles. The van der Waals surface area contributed by atoms with Crippen molar-refractivity contribution in [2.24, 2.45) is 4.99 Å². The molecule has 0 aliphatic carbocycles. The third-order valence-corrected chi connectivity index (χ3v) is 3.28. The fourth-order valence-corrected chi connectivity index (χ4v) is 2.03. The highest BCUT2D eigenvalue weighted by atomic mass is 127. The first-order chi connectivity index (χ1) is 10.7. The summed E-state index contributed by atoms with van der Waals surface area (Å²) in [6.07, 6.45) is 1.93. The first-order valence-corrected chi connectivity index (χ1v) is 7.94. The fourth-order valence-electron chi connectivity index (χ4n) is 2.03. The van der Waals surface area contributed by atoms with E-state index in [0.29, 0.717) is 0 Å². The van der Waals surface area contributed by atoms with Gasteiger partial charge in [0.2, 0.25) is 0 Å². The van der Waals surface area contributed by atoms with Gasteiger partial charge in [0.15, 0.2) is 5.96 Å².